The van der Waals surface area contributed by atoms with Crippen LogP contribution in [0.25, 0.3) is 10.9 Å². The third-order valence-electron chi connectivity index (χ3n) is 14.4. The van der Waals surface area contributed by atoms with Crippen molar-refractivity contribution in [3.8, 4) is 5.75 Å². The highest BCUT2D eigenvalue weighted by molar-refractivity contribution is 7.98. The van der Waals surface area contributed by atoms with Crippen molar-refractivity contribution in [3.05, 3.63) is 48.7 Å². The highest BCUT2D eigenvalue weighted by Crippen LogP contribution is 2.39. The number of hydrogen-bond donors (Lipinski definition) is 0. The lowest BCUT2D eigenvalue weighted by Crippen LogP contribution is -2.56. The molecule has 346 valence electrons. The molecule has 0 spiro atoms. The number of pyridine rings is 1. The molecule has 0 atom stereocenters. The van der Waals surface area contributed by atoms with Gasteiger partial charge in [-0.05, 0) is 100 Å². The first-order valence-corrected chi connectivity index (χ1v) is 28.0. The summed E-state index contributed by atoms with van der Waals surface area (Å²) in [6.07, 6.45) is 32.8. The van der Waals surface area contributed by atoms with Crippen LogP contribution in [-0.4, -0.2) is 112 Å². The molecule has 8 nitrogen and oxygen atoms in total. The highest BCUT2D eigenvalue weighted by Gasteiger charge is 2.34. The zero-order valence-corrected chi connectivity index (χ0v) is 40.8. The number of ether oxygens (including phenoxy) is 1. The molecule has 62 heavy (non-hydrogen) atoms. The normalized spacial score (nSPS) is 18.0. The third-order valence-corrected chi connectivity index (χ3v) is 16.9. The largest absolute Gasteiger partial charge is 0.494 e. The van der Waals surface area contributed by atoms with Gasteiger partial charge in [0, 0.05) is 67.8 Å². The van der Waals surface area contributed by atoms with Gasteiger partial charge in [0.05, 0.1) is 22.7 Å². The quantitative estimate of drug-likeness (QED) is 0.0550. The van der Waals surface area contributed by atoms with E-state index in [0.717, 1.165) is 91.8 Å². The average Bonchev–Trinajstić information content (AvgIpc) is 3.32. The van der Waals surface area contributed by atoms with E-state index in [-0.39, 0.29) is 4.90 Å². The van der Waals surface area contributed by atoms with E-state index in [0.29, 0.717) is 17.5 Å². The van der Waals surface area contributed by atoms with Crippen LogP contribution in [0.1, 0.15) is 155 Å². The SMILES string of the molecule is CCCCCCCCCCCCCCCCCCCCOc1ccc(S(=O)(=O)c2cnc3ccc(SC)cc3c2N2CCC(N3CCN(C4CCN(CC)CC4)CC3)CC2)cc1. The van der Waals surface area contributed by atoms with Gasteiger partial charge in [-0.25, -0.2) is 8.42 Å². The van der Waals surface area contributed by atoms with Crippen molar-refractivity contribution in [1.29, 1.82) is 0 Å². The first kappa shape index (κ1) is 49.1. The molecule has 0 bridgehead atoms. The van der Waals surface area contributed by atoms with Gasteiger partial charge in [0.25, 0.3) is 0 Å². The Morgan fingerprint density at radius 1 is 0.629 bits per heavy atom. The molecule has 2 aromatic carbocycles. The summed E-state index contributed by atoms with van der Waals surface area (Å²) in [7, 11) is -3.84. The lowest BCUT2D eigenvalue weighted by molar-refractivity contribution is 0.0384. The van der Waals surface area contributed by atoms with Crippen molar-refractivity contribution in [2.24, 2.45) is 0 Å². The predicted octanol–water partition coefficient (Wildman–Crippen LogP) is 12.3. The van der Waals surface area contributed by atoms with E-state index in [9.17, 15) is 8.42 Å². The van der Waals surface area contributed by atoms with E-state index in [1.165, 1.54) is 142 Å². The van der Waals surface area contributed by atoms with Gasteiger partial charge in [0.1, 0.15) is 10.6 Å². The molecule has 6 rings (SSSR count). The maximum absolute atomic E-state index is 14.5. The fourth-order valence-electron chi connectivity index (χ4n) is 10.3. The van der Waals surface area contributed by atoms with Crippen molar-refractivity contribution >= 4 is 38.2 Å². The monoisotopic (exact) mass is 890 g/mol. The Labute approximate surface area is 382 Å². The van der Waals surface area contributed by atoms with E-state index in [1.54, 1.807) is 30.1 Å². The van der Waals surface area contributed by atoms with E-state index in [1.807, 2.05) is 18.2 Å². The molecule has 0 aliphatic carbocycles. The lowest BCUT2D eigenvalue weighted by atomic mass is 9.99. The molecule has 0 amide bonds. The van der Waals surface area contributed by atoms with Crippen molar-refractivity contribution in [2.75, 3.05) is 76.7 Å². The number of rotatable bonds is 27. The minimum atomic E-state index is -3.84. The van der Waals surface area contributed by atoms with Crippen LogP contribution in [0.5, 0.6) is 5.75 Å². The minimum absolute atomic E-state index is 0.287. The summed E-state index contributed by atoms with van der Waals surface area (Å²) < 4.78 is 35.1. The number of aromatic nitrogens is 1. The molecular weight excluding hydrogens is 807 g/mol. The number of thioether (sulfide) groups is 1. The maximum Gasteiger partial charge on any atom is 0.210 e. The van der Waals surface area contributed by atoms with Crippen LogP contribution in [0.2, 0.25) is 0 Å². The smallest absolute Gasteiger partial charge is 0.210 e. The Balaban J connectivity index is 0.933. The zero-order chi connectivity index (χ0) is 43.4. The van der Waals surface area contributed by atoms with Crippen molar-refractivity contribution in [3.63, 3.8) is 0 Å². The van der Waals surface area contributed by atoms with Crippen molar-refractivity contribution in [1.82, 2.24) is 19.7 Å². The molecular formula is C52H83N5O3S2. The number of unbranched alkanes of at least 4 members (excludes halogenated alkanes) is 17. The molecule has 3 aliphatic rings. The standard InChI is InChI=1S/C52H83N5O3S2/c1-4-6-7-8-9-10-11-12-13-14-15-16-17-18-19-20-21-22-41-60-46-23-26-48(27-24-46)62(58,59)51-43-53-50-28-25-47(61-3)42-49(50)52(51)57-35-31-45(32-36-57)56-39-37-55(38-40-56)44-29-33-54(5-2)34-30-44/h23-28,42-45H,4-22,29-41H2,1-3H3. The topological polar surface area (TPSA) is 69.2 Å². The van der Waals surface area contributed by atoms with E-state index in [2.05, 4.69) is 51.8 Å². The van der Waals surface area contributed by atoms with Crippen molar-refractivity contribution < 1.29 is 13.2 Å². The number of anilines is 1. The maximum atomic E-state index is 14.5. The number of piperazine rings is 1. The number of nitrogens with zero attached hydrogens (tertiary/aromatic N) is 5. The molecule has 10 heteroatoms. The van der Waals surface area contributed by atoms with E-state index < -0.39 is 9.84 Å². The van der Waals surface area contributed by atoms with Crippen LogP contribution in [0.15, 0.2) is 63.3 Å². The predicted molar refractivity (Wildman–Crippen MR) is 263 cm³/mol. The van der Waals surface area contributed by atoms with Gasteiger partial charge in [-0.1, -0.05) is 123 Å². The van der Waals surface area contributed by atoms with E-state index >= 15 is 0 Å². The number of fused-ring (bicyclic) bond motifs is 1. The van der Waals surface area contributed by atoms with Gasteiger partial charge in [-0.2, -0.15) is 0 Å². The fourth-order valence-corrected chi connectivity index (χ4v) is 12.2. The summed E-state index contributed by atoms with van der Waals surface area (Å²) in [5.41, 5.74) is 1.64. The van der Waals surface area contributed by atoms with Crippen LogP contribution in [0, 0.1) is 0 Å². The fraction of sp³-hybridized carbons (Fsp3) is 0.712. The summed E-state index contributed by atoms with van der Waals surface area (Å²) in [6.45, 7) is 15.1. The van der Waals surface area contributed by atoms with Crippen LogP contribution in [0.4, 0.5) is 5.69 Å². The number of sulfone groups is 1. The van der Waals surface area contributed by atoms with Crippen LogP contribution >= 0.6 is 11.8 Å². The molecule has 4 heterocycles. The lowest BCUT2D eigenvalue weighted by Gasteiger charge is -2.46. The molecule has 3 fully saturated rings. The summed E-state index contributed by atoms with van der Waals surface area (Å²) in [6, 6.07) is 14.6. The molecule has 0 N–H and O–H groups in total. The summed E-state index contributed by atoms with van der Waals surface area (Å²) >= 11 is 1.68. The van der Waals surface area contributed by atoms with Gasteiger partial charge >= 0.3 is 0 Å². The molecule has 0 radical (unpaired) electrons. The third kappa shape index (κ3) is 14.6. The number of likely N-dealkylation sites (tertiary alicyclic amines) is 1. The Bertz CT molecular complexity index is 1820. The number of hydrogen-bond acceptors (Lipinski definition) is 9. The van der Waals surface area contributed by atoms with Gasteiger partial charge in [0.2, 0.25) is 9.84 Å². The second-order valence-corrected chi connectivity index (χ2v) is 21.4. The Hall–Kier alpha value is -2.37. The molecule has 0 saturated carbocycles. The van der Waals surface area contributed by atoms with Crippen LogP contribution in [-0.2, 0) is 9.84 Å². The molecule has 0 unspecified atom stereocenters. The Kier molecular flexibility index (Phi) is 21.0. The average molecular weight is 890 g/mol. The molecule has 3 aliphatic heterocycles. The summed E-state index contributed by atoms with van der Waals surface area (Å²) in [4.78, 5) is 16.8. The van der Waals surface area contributed by atoms with Gasteiger partial charge < -0.3 is 14.5 Å². The highest BCUT2D eigenvalue weighted by atomic mass is 32.2. The van der Waals surface area contributed by atoms with Crippen molar-refractivity contribution in [2.45, 2.75) is 182 Å². The molecule has 3 aromatic rings. The first-order chi connectivity index (χ1) is 30.4. The van der Waals surface area contributed by atoms with Crippen LogP contribution < -0.4 is 9.64 Å². The van der Waals surface area contributed by atoms with Gasteiger partial charge in [-0.15, -0.1) is 11.8 Å². The first-order valence-electron chi connectivity index (χ1n) is 25.3. The summed E-state index contributed by atoms with van der Waals surface area (Å²) in [5, 5.41) is 0.920. The number of benzene rings is 2. The van der Waals surface area contributed by atoms with E-state index in [4.69, 9.17) is 9.72 Å². The Morgan fingerprint density at radius 3 is 1.63 bits per heavy atom. The van der Waals surface area contributed by atoms with Gasteiger partial charge in [0.15, 0.2) is 0 Å². The number of piperidine rings is 2. The molecule has 3 saturated heterocycles. The second kappa shape index (κ2) is 26.6. The molecule has 1 aromatic heterocycles. The summed E-state index contributed by atoms with van der Waals surface area (Å²) in [5.74, 6) is 0.724. The van der Waals surface area contributed by atoms with Gasteiger partial charge in [-0.3, -0.25) is 14.8 Å². The minimum Gasteiger partial charge on any atom is -0.494 e. The zero-order valence-electron chi connectivity index (χ0n) is 39.2. The van der Waals surface area contributed by atoms with Crippen LogP contribution in [0.3, 0.4) is 0 Å². The Morgan fingerprint density at radius 2 is 1.13 bits per heavy atom. The second-order valence-electron chi connectivity index (χ2n) is 18.6.